The van der Waals surface area contributed by atoms with E-state index in [4.69, 9.17) is 0 Å². The Bertz CT molecular complexity index is 971. The van der Waals surface area contributed by atoms with Gasteiger partial charge in [0.1, 0.15) is 0 Å². The molecule has 0 aliphatic rings. The minimum Gasteiger partial charge on any atom is -0.322 e. The van der Waals surface area contributed by atoms with E-state index in [1.807, 2.05) is 0 Å². The third-order valence-electron chi connectivity index (χ3n) is 3.50. The predicted molar refractivity (Wildman–Crippen MR) is 98.7 cm³/mol. The van der Waals surface area contributed by atoms with Gasteiger partial charge >= 0.3 is 0 Å². The fourth-order valence-electron chi connectivity index (χ4n) is 2.24. The fourth-order valence-corrected chi connectivity index (χ4v) is 2.24. The Balaban J connectivity index is 0.00000131. The summed E-state index contributed by atoms with van der Waals surface area (Å²) in [6, 6.07) is 14.1. The molecule has 27 heavy (non-hydrogen) atoms. The number of amides is 1. The summed E-state index contributed by atoms with van der Waals surface area (Å²) in [7, 11) is 0. The second-order valence-electron chi connectivity index (χ2n) is 5.08. The molecule has 124 valence electrons. The largest absolute Gasteiger partial charge is 0.322 e. The number of nitrogens with one attached hydrogen (secondary N) is 3. The first-order chi connectivity index (χ1) is 12.3. The van der Waals surface area contributed by atoms with Gasteiger partial charge < -0.3 is 5.32 Å². The number of anilines is 1. The molecular formula is C15H11N9Na2O. The molecule has 0 saturated heterocycles. The van der Waals surface area contributed by atoms with Crippen LogP contribution in [0, 0.1) is 0 Å². The summed E-state index contributed by atoms with van der Waals surface area (Å²) < 4.78 is 0. The van der Waals surface area contributed by atoms with Crippen molar-refractivity contribution < 1.29 is 4.79 Å². The van der Waals surface area contributed by atoms with Gasteiger partial charge in [0.25, 0.3) is 5.91 Å². The molecule has 0 spiro atoms. The van der Waals surface area contributed by atoms with Crippen molar-refractivity contribution in [3.05, 3.63) is 54.1 Å². The Morgan fingerprint density at radius 3 is 1.67 bits per heavy atom. The van der Waals surface area contributed by atoms with E-state index in [0.29, 0.717) is 22.9 Å². The van der Waals surface area contributed by atoms with Crippen LogP contribution < -0.4 is 5.32 Å². The van der Waals surface area contributed by atoms with E-state index < -0.39 is 0 Å². The third kappa shape index (κ3) is 5.06. The van der Waals surface area contributed by atoms with E-state index >= 15 is 0 Å². The van der Waals surface area contributed by atoms with Crippen LogP contribution in [0.2, 0.25) is 0 Å². The fraction of sp³-hybridized carbons (Fsp3) is 0. The Labute approximate surface area is 197 Å². The maximum absolute atomic E-state index is 12.3. The average Bonchev–Trinajstić information content (AvgIpc) is 3.36. The van der Waals surface area contributed by atoms with Gasteiger partial charge in [-0.15, -0.1) is 20.4 Å². The third-order valence-corrected chi connectivity index (χ3v) is 3.50. The maximum atomic E-state index is 12.3. The van der Waals surface area contributed by atoms with Crippen molar-refractivity contribution in [3.63, 3.8) is 0 Å². The van der Waals surface area contributed by atoms with Crippen LogP contribution in [0.3, 0.4) is 0 Å². The van der Waals surface area contributed by atoms with Gasteiger partial charge in [-0.3, -0.25) is 4.79 Å². The van der Waals surface area contributed by atoms with Gasteiger partial charge in [-0.25, -0.2) is 0 Å². The molecule has 0 aliphatic carbocycles. The molecule has 0 unspecified atom stereocenters. The van der Waals surface area contributed by atoms with Crippen LogP contribution in [0.5, 0.6) is 0 Å². The Morgan fingerprint density at radius 2 is 1.22 bits per heavy atom. The summed E-state index contributed by atoms with van der Waals surface area (Å²) >= 11 is 0. The molecule has 0 atom stereocenters. The number of nitrogens with zero attached hydrogens (tertiary/aromatic N) is 6. The molecule has 0 saturated carbocycles. The van der Waals surface area contributed by atoms with E-state index in [9.17, 15) is 4.79 Å². The molecule has 10 nitrogen and oxygen atoms in total. The number of hydrogen-bond acceptors (Lipinski definition) is 7. The van der Waals surface area contributed by atoms with Crippen LogP contribution in [0.15, 0.2) is 48.5 Å². The number of tetrazole rings is 2. The zero-order valence-corrected chi connectivity index (χ0v) is 18.7. The van der Waals surface area contributed by atoms with Crippen molar-refractivity contribution in [2.45, 2.75) is 0 Å². The minimum atomic E-state index is -0.216. The SMILES string of the molecule is O=C(Nc1ccc(-c2nn[nH]n2)cc1)c1ccc(-c2nn[nH]n2)cc1.[Na].[Na]. The summed E-state index contributed by atoms with van der Waals surface area (Å²) in [4.78, 5) is 12.3. The second-order valence-corrected chi connectivity index (χ2v) is 5.08. The van der Waals surface area contributed by atoms with Crippen LogP contribution in [-0.2, 0) is 0 Å². The molecule has 4 rings (SSSR count). The number of aromatic nitrogens is 8. The van der Waals surface area contributed by atoms with Gasteiger partial charge in [0, 0.05) is 81.5 Å². The summed E-state index contributed by atoms with van der Waals surface area (Å²) in [5.74, 6) is 0.755. The Morgan fingerprint density at radius 1 is 0.741 bits per heavy atom. The zero-order valence-electron chi connectivity index (χ0n) is 14.7. The van der Waals surface area contributed by atoms with E-state index in [2.05, 4.69) is 46.6 Å². The number of H-pyrrole nitrogens is 2. The Hall–Kier alpha value is -1.95. The molecule has 2 aromatic carbocycles. The van der Waals surface area contributed by atoms with Gasteiger partial charge in [-0.2, -0.15) is 10.4 Å². The number of benzene rings is 2. The van der Waals surface area contributed by atoms with Crippen molar-refractivity contribution in [1.29, 1.82) is 0 Å². The van der Waals surface area contributed by atoms with Crippen LogP contribution >= 0.6 is 0 Å². The number of carbonyl (C=O) groups excluding carboxylic acids is 1. The number of aromatic amines is 2. The van der Waals surface area contributed by atoms with Crippen molar-refractivity contribution in [3.8, 4) is 22.8 Å². The molecule has 0 fully saturated rings. The second kappa shape index (κ2) is 9.83. The standard InChI is InChI=1S/C15H11N9O.2Na/c25-15(11-3-1-9(2-4-11)13-17-21-22-18-13)16-12-7-5-10(6-8-12)14-19-23-24-20-14;;/h1-8H,(H,16,25)(H,17,18,21,22)(H,19,20,23,24);;. The summed E-state index contributed by atoms with van der Waals surface area (Å²) in [6.45, 7) is 0. The van der Waals surface area contributed by atoms with Crippen molar-refractivity contribution in [2.24, 2.45) is 0 Å². The van der Waals surface area contributed by atoms with Gasteiger partial charge in [-0.05, 0) is 46.8 Å². The molecule has 2 radical (unpaired) electrons. The van der Waals surface area contributed by atoms with Crippen molar-refractivity contribution in [2.75, 3.05) is 5.32 Å². The summed E-state index contributed by atoms with van der Waals surface area (Å²) in [5.41, 5.74) is 2.76. The van der Waals surface area contributed by atoms with E-state index in [-0.39, 0.29) is 65.0 Å². The molecule has 2 heterocycles. The van der Waals surface area contributed by atoms with Crippen LogP contribution in [0.4, 0.5) is 5.69 Å². The molecule has 0 bridgehead atoms. The van der Waals surface area contributed by atoms with E-state index in [0.717, 1.165) is 11.1 Å². The first kappa shape index (κ1) is 21.4. The first-order valence-corrected chi connectivity index (χ1v) is 7.29. The molecule has 1 amide bonds. The van der Waals surface area contributed by atoms with Crippen LogP contribution in [0.25, 0.3) is 22.8 Å². The molecular weight excluding hydrogens is 368 g/mol. The summed E-state index contributed by atoms with van der Waals surface area (Å²) in [6.07, 6.45) is 0. The first-order valence-electron chi connectivity index (χ1n) is 7.29. The number of rotatable bonds is 4. The van der Waals surface area contributed by atoms with Gasteiger partial charge in [0.2, 0.25) is 11.6 Å². The van der Waals surface area contributed by atoms with Gasteiger partial charge in [-0.1, -0.05) is 12.1 Å². The number of hydrogen-bond donors (Lipinski definition) is 3. The normalized spacial score (nSPS) is 9.78. The minimum absolute atomic E-state index is 0. The maximum Gasteiger partial charge on any atom is 0.255 e. The van der Waals surface area contributed by atoms with E-state index in [1.165, 1.54) is 0 Å². The van der Waals surface area contributed by atoms with Crippen molar-refractivity contribution in [1.82, 2.24) is 41.2 Å². The van der Waals surface area contributed by atoms with Crippen LogP contribution in [0.1, 0.15) is 10.4 Å². The zero-order chi connectivity index (χ0) is 17.1. The quantitative estimate of drug-likeness (QED) is 0.440. The molecule has 0 aliphatic heterocycles. The molecule has 2 aromatic heterocycles. The molecule has 12 heteroatoms. The monoisotopic (exact) mass is 379 g/mol. The van der Waals surface area contributed by atoms with Crippen molar-refractivity contribution >= 4 is 70.7 Å². The molecule has 4 aromatic rings. The van der Waals surface area contributed by atoms with Crippen LogP contribution in [-0.4, -0.2) is 106 Å². The molecule has 3 N–H and O–H groups in total. The van der Waals surface area contributed by atoms with Gasteiger partial charge in [0.15, 0.2) is 0 Å². The topological polar surface area (TPSA) is 138 Å². The Kier molecular flexibility index (Phi) is 7.78. The number of carbonyl (C=O) groups is 1. The van der Waals surface area contributed by atoms with E-state index in [1.54, 1.807) is 48.5 Å². The average molecular weight is 379 g/mol. The summed E-state index contributed by atoms with van der Waals surface area (Å²) in [5, 5.41) is 30.2. The smallest absolute Gasteiger partial charge is 0.255 e. The van der Waals surface area contributed by atoms with Gasteiger partial charge in [0.05, 0.1) is 0 Å². The predicted octanol–water partition coefficient (Wildman–Crippen LogP) is 0.537.